The molecule has 0 atom stereocenters. The van der Waals surface area contributed by atoms with Crippen LogP contribution in [0, 0.1) is 27.7 Å². The van der Waals surface area contributed by atoms with E-state index in [0.717, 1.165) is 109 Å². The number of hydrogen-bond donors (Lipinski definition) is 0. The summed E-state index contributed by atoms with van der Waals surface area (Å²) < 4.78 is 357. The molecule has 0 N–H and O–H groups in total. The second-order valence-electron chi connectivity index (χ2n) is 23.6. The Labute approximate surface area is 643 Å². The third-order valence-corrected chi connectivity index (χ3v) is 25.0. The molecule has 0 heterocycles. The van der Waals surface area contributed by atoms with E-state index in [0.29, 0.717) is 70.8 Å². The first-order chi connectivity index (χ1) is 52.8. The van der Waals surface area contributed by atoms with Crippen molar-refractivity contribution in [2.45, 2.75) is 85.6 Å². The molecule has 0 amide bonds. The quantitative estimate of drug-likeness (QED) is 0.0124. The highest BCUT2D eigenvalue weighted by molar-refractivity contribution is 7.89. The molecule has 0 unspecified atom stereocenters. The Hall–Kier alpha value is -11.3. The first kappa shape index (κ1) is 84.2. The van der Waals surface area contributed by atoms with Crippen molar-refractivity contribution in [3.05, 3.63) is 264 Å². The fraction of sp³-hybridized carbons (Fsp3) is 0.127. The maximum atomic E-state index is 14.6. The Morgan fingerprint density at radius 3 is 0.832 bits per heavy atom. The van der Waals surface area contributed by atoms with Crippen LogP contribution in [0.1, 0.15) is 39.8 Å². The molecule has 28 nitrogen and oxygen atoms in total. The van der Waals surface area contributed by atoms with Gasteiger partial charge in [-0.15, -0.1) is 0 Å². The van der Waals surface area contributed by atoms with Crippen LogP contribution in [0.15, 0.2) is 280 Å². The van der Waals surface area contributed by atoms with Crippen LogP contribution in [0.2, 0.25) is 0 Å². The van der Waals surface area contributed by atoms with E-state index in [1.807, 2.05) is 0 Å². The van der Waals surface area contributed by atoms with Crippen molar-refractivity contribution in [2.75, 3.05) is 13.2 Å². The fourth-order valence-electron chi connectivity index (χ4n) is 9.53. The van der Waals surface area contributed by atoms with Gasteiger partial charge in [0, 0.05) is 29.7 Å². The number of alkyl halides is 6. The summed E-state index contributed by atoms with van der Waals surface area (Å²) in [6, 6.07) is 38.4. The lowest BCUT2D eigenvalue weighted by atomic mass is 10.1. The molecule has 0 saturated heterocycles. The van der Waals surface area contributed by atoms with Crippen molar-refractivity contribution in [1.82, 2.24) is 0 Å². The molecule has 0 aromatic heterocycles. The normalized spacial score (nSPS) is 12.9. The summed E-state index contributed by atoms with van der Waals surface area (Å²) in [5.41, 5.74) is -2.97. The lowest BCUT2D eigenvalue weighted by Crippen LogP contribution is -2.25. The van der Waals surface area contributed by atoms with Gasteiger partial charge < -0.3 is 34.6 Å². The van der Waals surface area contributed by atoms with Crippen molar-refractivity contribution in [3.63, 3.8) is 0 Å². The number of rotatable bonds is 32. The largest absolute Gasteiger partial charge is 0.493 e. The Morgan fingerprint density at radius 1 is 0.283 bits per heavy atom. The van der Waals surface area contributed by atoms with Gasteiger partial charge in [0.2, 0.25) is 0 Å². The first-order valence-corrected chi connectivity index (χ1v) is 43.1. The zero-order valence-electron chi connectivity index (χ0n) is 58.1. The summed E-state index contributed by atoms with van der Waals surface area (Å²) in [4.78, 5) is -6.76. The van der Waals surface area contributed by atoms with Crippen molar-refractivity contribution in [2.24, 2.45) is 10.3 Å². The van der Waals surface area contributed by atoms with Crippen LogP contribution in [0.25, 0.3) is 0 Å². The van der Waals surface area contributed by atoms with Crippen LogP contribution in [-0.2, 0) is 89.5 Å². The third kappa shape index (κ3) is 21.3. The fourth-order valence-corrected chi connectivity index (χ4v) is 17.4. The van der Waals surface area contributed by atoms with Crippen molar-refractivity contribution < 1.29 is 137 Å². The lowest BCUT2D eigenvalue weighted by molar-refractivity contribution is -0.0606. The Balaban J connectivity index is 0.781. The van der Waals surface area contributed by atoms with E-state index < -0.39 is 190 Å². The number of halogens is 6. The van der Waals surface area contributed by atoms with Gasteiger partial charge in [-0.25, -0.2) is 0 Å². The molecular weight excluding hydrogens is 1670 g/mol. The molecule has 0 fully saturated rings. The van der Waals surface area contributed by atoms with Gasteiger partial charge in [0.05, 0.1) is 13.2 Å². The van der Waals surface area contributed by atoms with E-state index in [9.17, 15) is 93.7 Å². The van der Waals surface area contributed by atoms with Gasteiger partial charge in [-0.3, -0.25) is 8.57 Å². The number of oxime groups is 2. The predicted octanol–water partition coefficient (Wildman–Crippen LogP) is 12.7. The van der Waals surface area contributed by atoms with Crippen molar-refractivity contribution >= 4 is 92.4 Å². The second-order valence-corrected chi connectivity index (χ2v) is 35.8. The molecule has 0 aliphatic rings. The summed E-state index contributed by atoms with van der Waals surface area (Å²) in [6.45, 7) is 6.15. The van der Waals surface area contributed by atoms with Gasteiger partial charge in [0.1, 0.15) is 42.6 Å². The van der Waals surface area contributed by atoms with Gasteiger partial charge in [0.15, 0.2) is 54.0 Å². The van der Waals surface area contributed by atoms with Gasteiger partial charge in [-0.1, -0.05) is 105 Å². The molecule has 0 aliphatic heterocycles. The van der Waals surface area contributed by atoms with Gasteiger partial charge >= 0.3 is 93.3 Å². The molecule has 596 valence electrons. The highest BCUT2D eigenvalue weighted by Crippen LogP contribution is 2.40. The number of nitrogens with zero attached hydrogens (tertiary/aromatic N) is 2. The standard InChI is InChI=1S/C71H56F6N2O26S8/c1-46-14-32-56(33-15-46)106(80,81)98-54-30-40-62(100-108(84,85)58-36-18-48(3)19-37-58)66(44-54)110(88,89)102-60-10-5-7-12-64(60)112(92,93)104-78-68(70(72,73)74)50-22-26-52(27-23-50)96-42-9-43-97-53-28-24-51(25-29-53)69(71(75,76)77)79-105-113(94,95)65-13-8-6-11-61(65)103-111(90,91)67-45-55(99-107(82,83)57-34-16-47(2)17-35-57)31-41-63(67)101-109(86,87)59-38-20-49(4)21-39-59/h5-8,10-41,44-45H,9,42-43H2,1-4H3. The Bertz CT molecular complexity index is 5880. The van der Waals surface area contributed by atoms with Crippen LogP contribution < -0.4 is 34.6 Å². The molecule has 10 rings (SSSR count). The zero-order chi connectivity index (χ0) is 82.3. The molecule has 42 heteroatoms. The highest BCUT2D eigenvalue weighted by atomic mass is 32.3. The van der Waals surface area contributed by atoms with Crippen LogP contribution >= 0.6 is 0 Å². The lowest BCUT2D eigenvalue weighted by Gasteiger charge is -2.16. The number of hydrogen-bond acceptors (Lipinski definition) is 28. The second kappa shape index (κ2) is 33.2. The number of benzene rings is 10. The van der Waals surface area contributed by atoms with Crippen LogP contribution in [0.5, 0.6) is 46.0 Å². The molecule has 113 heavy (non-hydrogen) atoms. The van der Waals surface area contributed by atoms with Crippen molar-refractivity contribution in [3.8, 4) is 46.0 Å². The number of ether oxygens (including phenoxy) is 2. The summed E-state index contributed by atoms with van der Waals surface area (Å²) >= 11 is 0. The molecule has 0 radical (unpaired) electrons. The molecule has 0 bridgehead atoms. The van der Waals surface area contributed by atoms with E-state index in [-0.39, 0.29) is 31.1 Å². The minimum Gasteiger partial charge on any atom is -0.493 e. The summed E-state index contributed by atoms with van der Waals surface area (Å²) in [7, 11) is -41.7. The molecule has 0 spiro atoms. The van der Waals surface area contributed by atoms with Crippen LogP contribution in [0.4, 0.5) is 26.3 Å². The SMILES string of the molecule is Cc1ccc(S(=O)(=O)Oc2ccc(OS(=O)(=O)c3ccc(C)cc3)c(S(=O)(=O)Oc3ccccc3S(=O)(=O)ON=C(c3ccc(OCCCOc4ccc(C(=NOS(=O)(=O)c5ccccc5OS(=O)(=O)c5cc(OS(=O)(=O)c6ccc(C)cc6)ccc5OS(=O)(=O)c5ccc(C)cc5)C(F)(F)F)cc4)cc3)C(F)(F)F)c2)cc1. The van der Waals surface area contributed by atoms with E-state index in [1.165, 1.54) is 72.8 Å². The summed E-state index contributed by atoms with van der Waals surface area (Å²) in [6.07, 6.45) is -10.9. The number of aryl methyl sites for hydroxylation is 4. The maximum absolute atomic E-state index is 14.6. The summed E-state index contributed by atoms with van der Waals surface area (Å²) in [5, 5.41) is 5.73. The Morgan fingerprint density at radius 2 is 0.540 bits per heavy atom. The first-order valence-electron chi connectivity index (χ1n) is 31.8. The molecule has 10 aromatic rings. The number of para-hydroxylation sites is 2. The predicted molar refractivity (Wildman–Crippen MR) is 388 cm³/mol. The van der Waals surface area contributed by atoms with E-state index in [1.54, 1.807) is 27.7 Å². The monoisotopic (exact) mass is 1720 g/mol. The van der Waals surface area contributed by atoms with Crippen LogP contribution in [0.3, 0.4) is 0 Å². The minimum atomic E-state index is -5.62. The smallest absolute Gasteiger partial charge is 0.437 e. The third-order valence-electron chi connectivity index (χ3n) is 15.1. The topological polar surface area (TPSA) is 390 Å². The van der Waals surface area contributed by atoms with Gasteiger partial charge in [-0.2, -0.15) is 93.7 Å². The summed E-state index contributed by atoms with van der Waals surface area (Å²) in [5.74, 6) is -6.04. The van der Waals surface area contributed by atoms with Gasteiger partial charge in [-0.05, 0) is 173 Å². The van der Waals surface area contributed by atoms with Gasteiger partial charge in [0.25, 0.3) is 0 Å². The maximum Gasteiger partial charge on any atom is 0.437 e. The van der Waals surface area contributed by atoms with E-state index in [4.69, 9.17) is 34.6 Å². The molecule has 10 aromatic carbocycles. The van der Waals surface area contributed by atoms with E-state index in [2.05, 4.69) is 18.9 Å². The Kier molecular flexibility index (Phi) is 24.7. The highest BCUT2D eigenvalue weighted by Gasteiger charge is 2.41. The average molecular weight is 1720 g/mol. The van der Waals surface area contributed by atoms with Crippen LogP contribution in [-0.4, -0.2) is 104 Å². The average Bonchev–Trinajstić information content (AvgIpc) is 0.774. The molecule has 0 saturated carbocycles. The molecular formula is C71H56F6N2O26S8. The minimum absolute atomic E-state index is 0.000538. The zero-order valence-corrected chi connectivity index (χ0v) is 64.6. The van der Waals surface area contributed by atoms with E-state index >= 15 is 0 Å². The molecule has 0 aliphatic carbocycles. The van der Waals surface area contributed by atoms with Crippen molar-refractivity contribution in [1.29, 1.82) is 0 Å².